The van der Waals surface area contributed by atoms with Crippen LogP contribution in [0, 0.1) is 0 Å². The highest BCUT2D eigenvalue weighted by Gasteiger charge is 2.32. The van der Waals surface area contributed by atoms with Gasteiger partial charge in [0.1, 0.15) is 12.6 Å². The first kappa shape index (κ1) is 18.4. The van der Waals surface area contributed by atoms with Crippen molar-refractivity contribution in [1.29, 1.82) is 0 Å². The van der Waals surface area contributed by atoms with E-state index in [2.05, 4.69) is 10.4 Å². The predicted octanol–water partition coefficient (Wildman–Crippen LogP) is 1.64. The topological polar surface area (TPSA) is 122 Å². The minimum absolute atomic E-state index is 0.149. The van der Waals surface area contributed by atoms with Crippen LogP contribution in [0.3, 0.4) is 0 Å². The van der Waals surface area contributed by atoms with E-state index in [0.717, 1.165) is 4.68 Å². The molecule has 0 saturated carbocycles. The number of nitrogens with one attached hydrogen (secondary N) is 1. The molecule has 1 aromatic heterocycles. The Morgan fingerprint density at radius 1 is 1.07 bits per heavy atom. The molecule has 1 aliphatic rings. The maximum absolute atomic E-state index is 13.2. The summed E-state index contributed by atoms with van der Waals surface area (Å²) in [5.41, 5.74) is 0.0726. The number of carbonyl (C=O) groups is 3. The van der Waals surface area contributed by atoms with E-state index in [0.29, 0.717) is 11.4 Å². The molecule has 1 unspecified atom stereocenters. The van der Waals surface area contributed by atoms with Crippen LogP contribution in [0.25, 0.3) is 10.8 Å². The highest BCUT2D eigenvalue weighted by molar-refractivity contribution is 6.10. The number of para-hydroxylation sites is 2. The zero-order valence-corrected chi connectivity index (χ0v) is 15.3. The van der Waals surface area contributed by atoms with Crippen LogP contribution in [-0.2, 0) is 9.59 Å². The highest BCUT2D eigenvalue weighted by Crippen LogP contribution is 2.30. The molecule has 0 spiro atoms. The summed E-state index contributed by atoms with van der Waals surface area (Å²) in [6.07, 6.45) is 0. The molecule has 2 N–H and O–H groups in total. The summed E-state index contributed by atoms with van der Waals surface area (Å²) < 4.78 is 0.864. The molecule has 9 nitrogen and oxygen atoms in total. The summed E-state index contributed by atoms with van der Waals surface area (Å²) in [5.74, 6) is -2.22. The van der Waals surface area contributed by atoms with Gasteiger partial charge in [0.15, 0.2) is 5.69 Å². The van der Waals surface area contributed by atoms with Gasteiger partial charge < -0.3 is 10.4 Å². The lowest BCUT2D eigenvalue weighted by Gasteiger charge is -2.31. The lowest BCUT2D eigenvalue weighted by atomic mass is 10.1. The molecular weight excluding hydrogens is 376 g/mol. The molecule has 0 fully saturated rings. The molecule has 0 bridgehead atoms. The summed E-state index contributed by atoms with van der Waals surface area (Å²) in [5, 5.41) is 16.5. The number of hydrogen-bond donors (Lipinski definition) is 2. The van der Waals surface area contributed by atoms with Gasteiger partial charge >= 0.3 is 5.97 Å². The van der Waals surface area contributed by atoms with Gasteiger partial charge in [-0.1, -0.05) is 30.3 Å². The van der Waals surface area contributed by atoms with Gasteiger partial charge in [-0.15, -0.1) is 0 Å². The number of nitrogens with zero attached hydrogens (tertiary/aromatic N) is 3. The van der Waals surface area contributed by atoms with Crippen LogP contribution in [0.5, 0.6) is 0 Å². The van der Waals surface area contributed by atoms with Crippen molar-refractivity contribution in [2.75, 3.05) is 16.8 Å². The van der Waals surface area contributed by atoms with Gasteiger partial charge in [-0.05, 0) is 25.1 Å². The maximum Gasteiger partial charge on any atom is 0.357 e. The first-order chi connectivity index (χ1) is 13.9. The van der Waals surface area contributed by atoms with Crippen LogP contribution >= 0.6 is 0 Å². The van der Waals surface area contributed by atoms with E-state index in [9.17, 15) is 24.3 Å². The molecule has 2 amide bonds. The quantitative estimate of drug-likeness (QED) is 0.699. The standard InChI is InChI=1S/C20H16N4O5/c1-11(18(26)23-10-16(25)21-14-8-4-5-9-15(14)23)24-19(27)13-7-3-2-6-12(13)17(22-24)20(28)29/h2-9,11H,10H2,1H3,(H,21,25)(H,28,29). The second-order valence-corrected chi connectivity index (χ2v) is 6.61. The number of carboxylic acids is 1. The Labute approximate surface area is 164 Å². The van der Waals surface area contributed by atoms with Crippen molar-refractivity contribution in [1.82, 2.24) is 9.78 Å². The van der Waals surface area contributed by atoms with Crippen molar-refractivity contribution in [3.05, 3.63) is 64.6 Å². The zero-order chi connectivity index (χ0) is 20.7. The minimum Gasteiger partial charge on any atom is -0.476 e. The number of aromatic carboxylic acids is 1. The Kier molecular flexibility index (Phi) is 4.34. The summed E-state index contributed by atoms with van der Waals surface area (Å²) in [6, 6.07) is 11.9. The number of benzene rings is 2. The molecule has 0 radical (unpaired) electrons. The molecule has 0 aliphatic carbocycles. The van der Waals surface area contributed by atoms with E-state index in [1.807, 2.05) is 0 Å². The summed E-state index contributed by atoms with van der Waals surface area (Å²) in [7, 11) is 0. The lowest BCUT2D eigenvalue weighted by Crippen LogP contribution is -2.46. The van der Waals surface area contributed by atoms with Gasteiger partial charge in [-0.25, -0.2) is 9.48 Å². The SMILES string of the molecule is CC(C(=O)N1CC(=O)Nc2ccccc21)n1nc(C(=O)O)c2ccccc2c1=O. The van der Waals surface area contributed by atoms with Crippen molar-refractivity contribution in [3.8, 4) is 0 Å². The van der Waals surface area contributed by atoms with Crippen LogP contribution in [0.15, 0.2) is 53.3 Å². The third-order valence-corrected chi connectivity index (χ3v) is 4.79. The van der Waals surface area contributed by atoms with Crippen LogP contribution in [0.1, 0.15) is 23.5 Å². The smallest absolute Gasteiger partial charge is 0.357 e. The summed E-state index contributed by atoms with van der Waals surface area (Å²) in [4.78, 5) is 51.0. The number of anilines is 2. The van der Waals surface area contributed by atoms with Gasteiger partial charge in [-0.3, -0.25) is 19.3 Å². The predicted molar refractivity (Wildman–Crippen MR) is 105 cm³/mol. The summed E-state index contributed by atoms with van der Waals surface area (Å²) >= 11 is 0. The minimum atomic E-state index is -1.31. The number of rotatable bonds is 3. The number of hydrogen-bond acceptors (Lipinski definition) is 5. The normalized spacial score (nSPS) is 14.2. The zero-order valence-electron chi connectivity index (χ0n) is 15.3. The van der Waals surface area contributed by atoms with Gasteiger partial charge in [0.2, 0.25) is 5.91 Å². The van der Waals surface area contributed by atoms with Gasteiger partial charge in [0, 0.05) is 5.39 Å². The van der Waals surface area contributed by atoms with Crippen LogP contribution in [-0.4, -0.2) is 39.2 Å². The average Bonchev–Trinajstić information content (AvgIpc) is 2.72. The van der Waals surface area contributed by atoms with Crippen molar-refractivity contribution >= 4 is 39.9 Å². The average molecular weight is 392 g/mol. The van der Waals surface area contributed by atoms with E-state index in [-0.39, 0.29) is 28.9 Å². The fourth-order valence-corrected chi connectivity index (χ4v) is 3.39. The van der Waals surface area contributed by atoms with E-state index >= 15 is 0 Å². The highest BCUT2D eigenvalue weighted by atomic mass is 16.4. The maximum atomic E-state index is 13.2. The number of carboxylic acid groups (broad SMARTS) is 1. The fourth-order valence-electron chi connectivity index (χ4n) is 3.39. The second kappa shape index (κ2) is 6.86. The van der Waals surface area contributed by atoms with Crippen molar-refractivity contribution in [2.24, 2.45) is 0 Å². The summed E-state index contributed by atoms with van der Waals surface area (Å²) in [6.45, 7) is 1.24. The first-order valence-electron chi connectivity index (χ1n) is 8.83. The van der Waals surface area contributed by atoms with E-state index in [4.69, 9.17) is 0 Å². The van der Waals surface area contributed by atoms with E-state index < -0.39 is 23.5 Å². The van der Waals surface area contributed by atoms with Gasteiger partial charge in [0.25, 0.3) is 11.5 Å². The molecule has 3 aromatic rings. The van der Waals surface area contributed by atoms with Crippen LogP contribution in [0.2, 0.25) is 0 Å². The Morgan fingerprint density at radius 2 is 1.72 bits per heavy atom. The molecule has 0 saturated heterocycles. The van der Waals surface area contributed by atoms with Crippen LogP contribution < -0.4 is 15.8 Å². The van der Waals surface area contributed by atoms with E-state index in [1.165, 1.54) is 24.0 Å². The molecule has 2 heterocycles. The third-order valence-electron chi connectivity index (χ3n) is 4.79. The monoisotopic (exact) mass is 392 g/mol. The lowest BCUT2D eigenvalue weighted by molar-refractivity contribution is -0.124. The number of fused-ring (bicyclic) bond motifs is 2. The molecule has 146 valence electrons. The first-order valence-corrected chi connectivity index (χ1v) is 8.83. The number of amides is 2. The molecule has 1 atom stereocenters. The molecule has 9 heteroatoms. The molecule has 29 heavy (non-hydrogen) atoms. The Hall–Kier alpha value is -4.01. The Balaban J connectivity index is 1.82. The molecule has 2 aromatic carbocycles. The Morgan fingerprint density at radius 3 is 2.45 bits per heavy atom. The van der Waals surface area contributed by atoms with E-state index in [1.54, 1.807) is 36.4 Å². The largest absolute Gasteiger partial charge is 0.476 e. The molecule has 1 aliphatic heterocycles. The van der Waals surface area contributed by atoms with Gasteiger partial charge in [0.05, 0.1) is 16.8 Å². The number of carbonyl (C=O) groups excluding carboxylic acids is 2. The Bertz CT molecular complexity index is 1230. The van der Waals surface area contributed by atoms with Crippen LogP contribution in [0.4, 0.5) is 11.4 Å². The molecule has 4 rings (SSSR count). The van der Waals surface area contributed by atoms with Crippen molar-refractivity contribution in [3.63, 3.8) is 0 Å². The second-order valence-electron chi connectivity index (χ2n) is 6.61. The molecular formula is C20H16N4O5. The third kappa shape index (κ3) is 3.02. The number of aromatic nitrogens is 2. The van der Waals surface area contributed by atoms with Crippen molar-refractivity contribution in [2.45, 2.75) is 13.0 Å². The fraction of sp³-hybridized carbons (Fsp3) is 0.150. The van der Waals surface area contributed by atoms with Crippen molar-refractivity contribution < 1.29 is 19.5 Å². The van der Waals surface area contributed by atoms with Gasteiger partial charge in [-0.2, -0.15) is 5.10 Å².